The predicted molar refractivity (Wildman–Crippen MR) is 66.6 cm³/mol. The van der Waals surface area contributed by atoms with Crippen molar-refractivity contribution in [3.05, 3.63) is 34.7 Å². The van der Waals surface area contributed by atoms with Gasteiger partial charge in [0.05, 0.1) is 18.4 Å². The number of alkyl halides is 3. The van der Waals surface area contributed by atoms with Crippen LogP contribution in [0.25, 0.3) is 11.3 Å². The molecule has 4 nitrogen and oxygen atoms in total. The van der Waals surface area contributed by atoms with E-state index in [4.69, 9.17) is 16.3 Å². The minimum atomic E-state index is -4.44. The predicted octanol–water partition coefficient (Wildman–Crippen LogP) is 3.53. The Bertz CT molecular complexity index is 646. The molecule has 1 heterocycles. The molecule has 0 bridgehead atoms. The van der Waals surface area contributed by atoms with E-state index in [1.165, 1.54) is 13.2 Å². The van der Waals surface area contributed by atoms with Crippen LogP contribution in [-0.2, 0) is 6.18 Å². The zero-order chi connectivity index (χ0) is 14.9. The molecule has 106 valence electrons. The molecular weight excluding hydrogens is 295 g/mol. The first-order chi connectivity index (χ1) is 9.32. The van der Waals surface area contributed by atoms with E-state index >= 15 is 0 Å². The van der Waals surface area contributed by atoms with Gasteiger partial charge in [-0.3, -0.25) is 0 Å². The standard InChI is InChI=1S/C12H9ClF3N3O/c1-6-10(18-19-11(13)17-6)8-4-3-7(12(14,15)16)5-9(8)20-2/h3-5H,1-2H3. The molecule has 8 heteroatoms. The monoisotopic (exact) mass is 303 g/mol. The zero-order valence-electron chi connectivity index (χ0n) is 10.5. The molecule has 0 unspecified atom stereocenters. The summed E-state index contributed by atoms with van der Waals surface area (Å²) in [6.07, 6.45) is -4.44. The van der Waals surface area contributed by atoms with Gasteiger partial charge in [0.15, 0.2) is 0 Å². The fourth-order valence-electron chi connectivity index (χ4n) is 1.69. The van der Waals surface area contributed by atoms with Crippen molar-refractivity contribution in [2.24, 2.45) is 0 Å². The molecule has 0 radical (unpaired) electrons. The second-order valence-electron chi connectivity index (χ2n) is 3.93. The lowest BCUT2D eigenvalue weighted by molar-refractivity contribution is -0.137. The van der Waals surface area contributed by atoms with Crippen LogP contribution in [0.15, 0.2) is 18.2 Å². The van der Waals surface area contributed by atoms with E-state index in [0.717, 1.165) is 12.1 Å². The lowest BCUT2D eigenvalue weighted by atomic mass is 10.1. The third-order valence-electron chi connectivity index (χ3n) is 2.62. The number of aryl methyl sites for hydroxylation is 1. The van der Waals surface area contributed by atoms with Crippen LogP contribution in [0.2, 0.25) is 5.28 Å². The Morgan fingerprint density at radius 1 is 1.20 bits per heavy atom. The molecule has 2 aromatic rings. The van der Waals surface area contributed by atoms with Crippen molar-refractivity contribution in [3.63, 3.8) is 0 Å². The smallest absolute Gasteiger partial charge is 0.416 e. The number of halogens is 4. The molecule has 0 fully saturated rings. The summed E-state index contributed by atoms with van der Waals surface area (Å²) in [5.74, 6) is 0.0429. The maximum Gasteiger partial charge on any atom is 0.416 e. The van der Waals surface area contributed by atoms with Gasteiger partial charge in [-0.05, 0) is 36.7 Å². The number of aromatic nitrogens is 3. The lowest BCUT2D eigenvalue weighted by Gasteiger charge is -2.12. The summed E-state index contributed by atoms with van der Waals surface area (Å²) in [4.78, 5) is 3.91. The highest BCUT2D eigenvalue weighted by Crippen LogP contribution is 2.36. The first-order valence-corrected chi connectivity index (χ1v) is 5.83. The molecule has 0 spiro atoms. The molecule has 0 aliphatic heterocycles. The third-order valence-corrected chi connectivity index (χ3v) is 2.78. The molecule has 0 amide bonds. The normalized spacial score (nSPS) is 11.5. The van der Waals surface area contributed by atoms with Crippen LogP contribution in [-0.4, -0.2) is 22.3 Å². The van der Waals surface area contributed by atoms with E-state index in [1.54, 1.807) is 6.92 Å². The number of rotatable bonds is 2. The van der Waals surface area contributed by atoms with E-state index in [1.807, 2.05) is 0 Å². The van der Waals surface area contributed by atoms with Crippen LogP contribution >= 0.6 is 11.6 Å². The van der Waals surface area contributed by atoms with Crippen molar-refractivity contribution in [1.29, 1.82) is 0 Å². The van der Waals surface area contributed by atoms with Gasteiger partial charge >= 0.3 is 6.18 Å². The number of hydrogen-bond acceptors (Lipinski definition) is 4. The summed E-state index contributed by atoms with van der Waals surface area (Å²) in [5.41, 5.74) is 0.336. The molecule has 0 aliphatic rings. The van der Waals surface area contributed by atoms with Gasteiger partial charge in [0.25, 0.3) is 0 Å². The lowest BCUT2D eigenvalue weighted by Crippen LogP contribution is -2.06. The average molecular weight is 304 g/mol. The number of ether oxygens (including phenoxy) is 1. The summed E-state index contributed by atoms with van der Waals surface area (Å²) in [6.45, 7) is 1.63. The van der Waals surface area contributed by atoms with Gasteiger partial charge in [0.2, 0.25) is 5.28 Å². The fraction of sp³-hybridized carbons (Fsp3) is 0.250. The molecule has 0 saturated carbocycles. The molecule has 0 atom stereocenters. The van der Waals surface area contributed by atoms with Crippen molar-refractivity contribution >= 4 is 11.6 Å². The molecule has 0 saturated heterocycles. The van der Waals surface area contributed by atoms with Gasteiger partial charge in [-0.1, -0.05) is 0 Å². The minimum absolute atomic E-state index is 0.0304. The summed E-state index contributed by atoms with van der Waals surface area (Å²) in [5, 5.41) is 7.40. The SMILES string of the molecule is COc1cc(C(F)(F)F)ccc1-c1nnc(Cl)nc1C. The first kappa shape index (κ1) is 14.5. The van der Waals surface area contributed by atoms with E-state index in [2.05, 4.69) is 15.2 Å². The van der Waals surface area contributed by atoms with Crippen LogP contribution in [0.1, 0.15) is 11.3 Å². The van der Waals surface area contributed by atoms with Crippen LogP contribution in [0, 0.1) is 6.92 Å². The number of nitrogens with zero attached hydrogens (tertiary/aromatic N) is 3. The van der Waals surface area contributed by atoms with E-state index in [-0.39, 0.29) is 11.0 Å². The first-order valence-electron chi connectivity index (χ1n) is 5.45. The molecule has 2 rings (SSSR count). The van der Waals surface area contributed by atoms with E-state index < -0.39 is 11.7 Å². The molecule has 20 heavy (non-hydrogen) atoms. The van der Waals surface area contributed by atoms with Crippen molar-refractivity contribution in [3.8, 4) is 17.0 Å². The number of hydrogen-bond donors (Lipinski definition) is 0. The second-order valence-corrected chi connectivity index (χ2v) is 4.27. The maximum absolute atomic E-state index is 12.7. The van der Waals surface area contributed by atoms with Crippen LogP contribution in [0.4, 0.5) is 13.2 Å². The second kappa shape index (κ2) is 5.24. The average Bonchev–Trinajstić information content (AvgIpc) is 2.37. The van der Waals surface area contributed by atoms with Crippen LogP contribution < -0.4 is 4.74 Å². The Hall–Kier alpha value is -1.89. The summed E-state index contributed by atoms with van der Waals surface area (Å²) < 4.78 is 43.0. The molecular formula is C12H9ClF3N3O. The molecule has 0 aliphatic carbocycles. The van der Waals surface area contributed by atoms with Crippen LogP contribution in [0.3, 0.4) is 0 Å². The number of benzene rings is 1. The fourth-order valence-corrected chi connectivity index (χ4v) is 1.85. The molecule has 0 N–H and O–H groups in total. The van der Waals surface area contributed by atoms with Gasteiger partial charge in [-0.2, -0.15) is 13.2 Å². The Labute approximate surface area is 117 Å². The van der Waals surface area contributed by atoms with Gasteiger partial charge in [0.1, 0.15) is 11.4 Å². The van der Waals surface area contributed by atoms with Gasteiger partial charge in [0, 0.05) is 5.56 Å². The highest BCUT2D eigenvalue weighted by Gasteiger charge is 2.31. The zero-order valence-corrected chi connectivity index (χ0v) is 11.2. The summed E-state index contributed by atoms with van der Waals surface area (Å²) >= 11 is 5.60. The highest BCUT2D eigenvalue weighted by atomic mass is 35.5. The Balaban J connectivity index is 2.57. The third kappa shape index (κ3) is 2.82. The van der Waals surface area contributed by atoms with Gasteiger partial charge < -0.3 is 4.74 Å². The van der Waals surface area contributed by atoms with Gasteiger partial charge in [-0.25, -0.2) is 4.98 Å². The van der Waals surface area contributed by atoms with E-state index in [0.29, 0.717) is 17.0 Å². The quantitative estimate of drug-likeness (QED) is 0.851. The number of methoxy groups -OCH3 is 1. The Morgan fingerprint density at radius 2 is 1.90 bits per heavy atom. The van der Waals surface area contributed by atoms with Crippen LogP contribution in [0.5, 0.6) is 5.75 Å². The largest absolute Gasteiger partial charge is 0.496 e. The van der Waals surface area contributed by atoms with Crippen molar-refractivity contribution in [2.75, 3.05) is 7.11 Å². The van der Waals surface area contributed by atoms with Crippen molar-refractivity contribution in [1.82, 2.24) is 15.2 Å². The topological polar surface area (TPSA) is 47.9 Å². The van der Waals surface area contributed by atoms with Crippen molar-refractivity contribution < 1.29 is 17.9 Å². The van der Waals surface area contributed by atoms with E-state index in [9.17, 15) is 13.2 Å². The van der Waals surface area contributed by atoms with Crippen molar-refractivity contribution in [2.45, 2.75) is 13.1 Å². The summed E-state index contributed by atoms with van der Waals surface area (Å²) in [6, 6.07) is 3.13. The highest BCUT2D eigenvalue weighted by molar-refractivity contribution is 6.28. The maximum atomic E-state index is 12.7. The Kier molecular flexibility index (Phi) is 3.80. The minimum Gasteiger partial charge on any atom is -0.496 e. The summed E-state index contributed by atoms with van der Waals surface area (Å²) in [7, 11) is 1.28. The molecule has 1 aromatic carbocycles. The van der Waals surface area contributed by atoms with Gasteiger partial charge in [-0.15, -0.1) is 10.2 Å². The molecule has 1 aromatic heterocycles. The Morgan fingerprint density at radius 3 is 2.45 bits per heavy atom.